The van der Waals surface area contributed by atoms with Crippen molar-refractivity contribution < 1.29 is 4.74 Å². The van der Waals surface area contributed by atoms with Crippen LogP contribution in [0.1, 0.15) is 28.3 Å². The zero-order valence-electron chi connectivity index (χ0n) is 12.2. The summed E-state index contributed by atoms with van der Waals surface area (Å²) >= 11 is 9.51. The minimum atomic E-state index is -0.172. The fraction of sp³-hybridized carbons (Fsp3) is 0.250. The Morgan fingerprint density at radius 3 is 2.52 bits per heavy atom. The lowest BCUT2D eigenvalue weighted by atomic mass is 9.93. The van der Waals surface area contributed by atoms with Crippen molar-refractivity contribution in [3.05, 3.63) is 62.1 Å². The minimum Gasteiger partial charge on any atom is -0.496 e. The molecule has 0 spiro atoms. The molecule has 0 amide bonds. The van der Waals surface area contributed by atoms with Crippen molar-refractivity contribution in [1.29, 1.82) is 0 Å². The van der Waals surface area contributed by atoms with Gasteiger partial charge in [0.1, 0.15) is 5.75 Å². The first-order valence-corrected chi connectivity index (χ1v) is 7.71. The molecule has 2 aromatic carbocycles. The van der Waals surface area contributed by atoms with Crippen LogP contribution < -0.4 is 16.0 Å². The Kier molecular flexibility index (Phi) is 5.27. The summed E-state index contributed by atoms with van der Waals surface area (Å²) in [6, 6.07) is 9.72. The van der Waals surface area contributed by atoms with E-state index in [0.717, 1.165) is 32.5 Å². The standard InChI is InChI=1S/C16H18BrClN2O/c1-9-6-10(2)15(14(7-9)21-3)16(20-19)11-4-5-13(18)12(17)8-11/h4-8,16,20H,19H2,1-3H3. The maximum Gasteiger partial charge on any atom is 0.124 e. The van der Waals surface area contributed by atoms with Crippen molar-refractivity contribution in [2.45, 2.75) is 19.9 Å². The fourth-order valence-electron chi connectivity index (χ4n) is 2.52. The van der Waals surface area contributed by atoms with Gasteiger partial charge in [0, 0.05) is 10.0 Å². The summed E-state index contributed by atoms with van der Waals surface area (Å²) in [5, 5.41) is 0.669. The van der Waals surface area contributed by atoms with Crippen molar-refractivity contribution in [1.82, 2.24) is 5.43 Å². The molecule has 0 heterocycles. The zero-order valence-corrected chi connectivity index (χ0v) is 14.5. The molecule has 1 atom stereocenters. The van der Waals surface area contributed by atoms with Gasteiger partial charge in [0.2, 0.25) is 0 Å². The van der Waals surface area contributed by atoms with Crippen molar-refractivity contribution in [3.63, 3.8) is 0 Å². The predicted octanol–water partition coefficient (Wildman–Crippen LogP) is 4.28. The van der Waals surface area contributed by atoms with Gasteiger partial charge in [0.05, 0.1) is 18.2 Å². The van der Waals surface area contributed by atoms with Crippen LogP contribution in [0.5, 0.6) is 5.75 Å². The van der Waals surface area contributed by atoms with E-state index in [1.165, 1.54) is 0 Å². The van der Waals surface area contributed by atoms with Crippen LogP contribution in [0.4, 0.5) is 0 Å². The SMILES string of the molecule is COc1cc(C)cc(C)c1C(NN)c1ccc(Cl)c(Br)c1. The van der Waals surface area contributed by atoms with Crippen LogP contribution in [0.2, 0.25) is 5.02 Å². The average molecular weight is 370 g/mol. The molecule has 0 saturated carbocycles. The third-order valence-electron chi connectivity index (χ3n) is 3.45. The highest BCUT2D eigenvalue weighted by atomic mass is 79.9. The Labute approximate surface area is 138 Å². The monoisotopic (exact) mass is 368 g/mol. The van der Waals surface area contributed by atoms with Crippen LogP contribution in [0.15, 0.2) is 34.8 Å². The lowest BCUT2D eigenvalue weighted by Gasteiger charge is -2.22. The summed E-state index contributed by atoms with van der Waals surface area (Å²) in [6.07, 6.45) is 0. The van der Waals surface area contributed by atoms with Crippen molar-refractivity contribution in [2.75, 3.05) is 7.11 Å². The number of halogens is 2. The van der Waals surface area contributed by atoms with E-state index in [-0.39, 0.29) is 6.04 Å². The van der Waals surface area contributed by atoms with E-state index in [2.05, 4.69) is 34.3 Å². The van der Waals surface area contributed by atoms with Crippen LogP contribution in [-0.4, -0.2) is 7.11 Å². The molecule has 0 saturated heterocycles. The molecule has 2 rings (SSSR count). The molecule has 0 radical (unpaired) electrons. The number of methoxy groups -OCH3 is 1. The van der Waals surface area contributed by atoms with E-state index in [0.29, 0.717) is 5.02 Å². The molecule has 0 aliphatic carbocycles. The normalized spacial score (nSPS) is 12.3. The first-order valence-electron chi connectivity index (χ1n) is 6.54. The Hall–Kier alpha value is -1.07. The summed E-state index contributed by atoms with van der Waals surface area (Å²) in [5.74, 6) is 6.62. The molecule has 0 aromatic heterocycles. The summed E-state index contributed by atoms with van der Waals surface area (Å²) in [4.78, 5) is 0. The van der Waals surface area contributed by atoms with Gasteiger partial charge in [-0.05, 0) is 64.7 Å². The van der Waals surface area contributed by atoms with Gasteiger partial charge in [-0.25, -0.2) is 5.43 Å². The second kappa shape index (κ2) is 6.79. The van der Waals surface area contributed by atoms with E-state index < -0.39 is 0 Å². The van der Waals surface area contributed by atoms with Gasteiger partial charge < -0.3 is 4.74 Å². The molecule has 0 aliphatic heterocycles. The van der Waals surface area contributed by atoms with Crippen molar-refractivity contribution in [3.8, 4) is 5.75 Å². The van der Waals surface area contributed by atoms with Gasteiger partial charge in [-0.2, -0.15) is 0 Å². The molecule has 21 heavy (non-hydrogen) atoms. The number of rotatable bonds is 4. The van der Waals surface area contributed by atoms with Gasteiger partial charge in [0.15, 0.2) is 0 Å². The highest BCUT2D eigenvalue weighted by molar-refractivity contribution is 9.10. The second-order valence-electron chi connectivity index (χ2n) is 4.97. The van der Waals surface area contributed by atoms with Crippen LogP contribution in [0.3, 0.4) is 0 Å². The zero-order chi connectivity index (χ0) is 15.6. The third-order valence-corrected chi connectivity index (χ3v) is 4.66. The highest BCUT2D eigenvalue weighted by Crippen LogP contribution is 2.35. The molecule has 1 unspecified atom stereocenters. The van der Waals surface area contributed by atoms with E-state index in [1.807, 2.05) is 31.2 Å². The predicted molar refractivity (Wildman–Crippen MR) is 90.8 cm³/mol. The molecule has 3 N–H and O–H groups in total. The maximum atomic E-state index is 6.06. The van der Waals surface area contributed by atoms with E-state index in [4.69, 9.17) is 22.2 Å². The van der Waals surface area contributed by atoms with Crippen LogP contribution in [-0.2, 0) is 0 Å². The minimum absolute atomic E-state index is 0.172. The van der Waals surface area contributed by atoms with Crippen molar-refractivity contribution in [2.24, 2.45) is 5.84 Å². The molecule has 0 bridgehead atoms. The molecule has 2 aromatic rings. The van der Waals surface area contributed by atoms with Gasteiger partial charge >= 0.3 is 0 Å². The number of ether oxygens (including phenoxy) is 1. The van der Waals surface area contributed by atoms with Crippen molar-refractivity contribution >= 4 is 27.5 Å². The highest BCUT2D eigenvalue weighted by Gasteiger charge is 2.20. The number of nitrogens with two attached hydrogens (primary N) is 1. The van der Waals surface area contributed by atoms with Gasteiger partial charge in [0.25, 0.3) is 0 Å². The smallest absolute Gasteiger partial charge is 0.124 e. The Balaban J connectivity index is 2.58. The van der Waals surface area contributed by atoms with Crippen LogP contribution >= 0.6 is 27.5 Å². The van der Waals surface area contributed by atoms with Gasteiger partial charge in [-0.15, -0.1) is 0 Å². The summed E-state index contributed by atoms with van der Waals surface area (Å²) in [7, 11) is 1.67. The first kappa shape index (κ1) is 16.3. The number of nitrogens with one attached hydrogen (secondary N) is 1. The first-order chi connectivity index (χ1) is 9.97. The number of aryl methyl sites for hydroxylation is 2. The Bertz CT molecular complexity index is 661. The van der Waals surface area contributed by atoms with E-state index in [1.54, 1.807) is 7.11 Å². The molecule has 5 heteroatoms. The lowest BCUT2D eigenvalue weighted by Crippen LogP contribution is -2.29. The van der Waals surface area contributed by atoms with Gasteiger partial charge in [-0.3, -0.25) is 5.84 Å². The summed E-state index contributed by atoms with van der Waals surface area (Å²) in [6.45, 7) is 4.10. The summed E-state index contributed by atoms with van der Waals surface area (Å²) < 4.78 is 6.37. The number of hydrogen-bond acceptors (Lipinski definition) is 3. The fourth-order valence-corrected chi connectivity index (χ4v) is 3.03. The molecule has 0 aliphatic rings. The van der Waals surface area contributed by atoms with E-state index >= 15 is 0 Å². The number of benzene rings is 2. The molecule has 0 fully saturated rings. The maximum absolute atomic E-state index is 6.06. The van der Waals surface area contributed by atoms with Gasteiger partial charge in [-0.1, -0.05) is 23.7 Å². The third kappa shape index (κ3) is 3.40. The number of hydrazine groups is 1. The summed E-state index contributed by atoms with van der Waals surface area (Å²) in [5.41, 5.74) is 7.19. The van der Waals surface area contributed by atoms with Crippen LogP contribution in [0.25, 0.3) is 0 Å². The second-order valence-corrected chi connectivity index (χ2v) is 6.23. The quantitative estimate of drug-likeness (QED) is 0.624. The average Bonchev–Trinajstić information content (AvgIpc) is 2.45. The topological polar surface area (TPSA) is 47.3 Å². The molecular formula is C16H18BrClN2O. The van der Waals surface area contributed by atoms with E-state index in [9.17, 15) is 0 Å². The van der Waals surface area contributed by atoms with Crippen LogP contribution in [0, 0.1) is 13.8 Å². The molecule has 3 nitrogen and oxygen atoms in total. The lowest BCUT2D eigenvalue weighted by molar-refractivity contribution is 0.403. The molecular weight excluding hydrogens is 352 g/mol. The number of hydrogen-bond donors (Lipinski definition) is 2. The largest absolute Gasteiger partial charge is 0.496 e. The molecule has 112 valence electrons. The Morgan fingerprint density at radius 1 is 1.24 bits per heavy atom. The Morgan fingerprint density at radius 2 is 1.95 bits per heavy atom.